The maximum atomic E-state index is 13.6. The first-order valence-corrected chi connectivity index (χ1v) is 15.8. The second kappa shape index (κ2) is 14.3. The third kappa shape index (κ3) is 7.28. The Bertz CT molecular complexity index is 1730. The highest BCUT2D eigenvalue weighted by atomic mass is 17.1. The number of amides is 1. The van der Waals surface area contributed by atoms with Crippen LogP contribution in [0.25, 0.3) is 22.5 Å². The molecular weight excluding hydrogens is 602 g/mol. The van der Waals surface area contributed by atoms with Crippen LogP contribution in [0.15, 0.2) is 77.8 Å². The van der Waals surface area contributed by atoms with E-state index in [1.165, 1.54) is 0 Å². The molecule has 1 aromatic heterocycles. The molecule has 47 heavy (non-hydrogen) atoms. The summed E-state index contributed by atoms with van der Waals surface area (Å²) in [6.45, 7) is 2.58. The van der Waals surface area contributed by atoms with Crippen molar-refractivity contribution in [3.63, 3.8) is 0 Å². The fourth-order valence-corrected chi connectivity index (χ4v) is 6.07. The van der Waals surface area contributed by atoms with E-state index in [2.05, 4.69) is 27.2 Å². The van der Waals surface area contributed by atoms with Gasteiger partial charge in [0.2, 0.25) is 5.82 Å². The molecule has 1 aliphatic carbocycles. The first kappa shape index (κ1) is 32.1. The minimum absolute atomic E-state index is 0.0259. The van der Waals surface area contributed by atoms with Crippen molar-refractivity contribution in [3.05, 3.63) is 89.5 Å². The number of aliphatic imine (C=N–C) groups is 1. The molecule has 13 nitrogen and oxygen atoms in total. The van der Waals surface area contributed by atoms with Crippen LogP contribution in [0.4, 0.5) is 4.79 Å². The summed E-state index contributed by atoms with van der Waals surface area (Å²) in [6.07, 6.45) is 5.87. The zero-order valence-corrected chi connectivity index (χ0v) is 26.2. The van der Waals surface area contributed by atoms with Gasteiger partial charge in [-0.05, 0) is 52.3 Å². The third-order valence-corrected chi connectivity index (χ3v) is 8.57. The highest BCUT2D eigenvalue weighted by molar-refractivity contribution is 6.08. The molecule has 1 aliphatic heterocycles. The predicted molar refractivity (Wildman–Crippen MR) is 170 cm³/mol. The molecule has 2 heterocycles. The summed E-state index contributed by atoms with van der Waals surface area (Å²) in [5, 5.41) is 29.3. The van der Waals surface area contributed by atoms with E-state index < -0.39 is 11.6 Å². The topological polar surface area (TPSA) is 156 Å². The molecule has 1 spiro atoms. The number of hydrogen-bond acceptors (Lipinski definition) is 11. The van der Waals surface area contributed by atoms with Crippen molar-refractivity contribution in [2.45, 2.75) is 77.2 Å². The number of amidine groups is 1. The Labute approximate surface area is 271 Å². The van der Waals surface area contributed by atoms with Gasteiger partial charge in [0.05, 0.1) is 18.5 Å². The summed E-state index contributed by atoms with van der Waals surface area (Å²) in [5.74, 6) is 1.34. The maximum Gasteiger partial charge on any atom is 0.454 e. The number of benzene rings is 3. The molecule has 3 aromatic carbocycles. The molecule has 0 atom stereocenters. The number of hydrogen-bond donors (Lipinski definition) is 2. The van der Waals surface area contributed by atoms with Gasteiger partial charge in [-0.15, -0.1) is 10.2 Å². The SMILES string of the molecule is CCCCC1=NC2(CCCC2)C(=O)N1Cc1ccc(-c2ccccc2-c2nnn(C(=O)OCc3ccc(CON(O)O)cc3)n2)cc1. The first-order chi connectivity index (χ1) is 22.8. The summed E-state index contributed by atoms with van der Waals surface area (Å²) in [5.41, 5.74) is 4.37. The van der Waals surface area contributed by atoms with E-state index in [9.17, 15) is 9.59 Å². The number of nitrogens with zero attached hydrogens (tertiary/aromatic N) is 7. The number of tetrazole rings is 1. The van der Waals surface area contributed by atoms with Gasteiger partial charge in [-0.3, -0.25) is 25.1 Å². The van der Waals surface area contributed by atoms with E-state index in [0.717, 1.165) is 72.3 Å². The zero-order chi connectivity index (χ0) is 32.8. The van der Waals surface area contributed by atoms with Gasteiger partial charge >= 0.3 is 6.09 Å². The Morgan fingerprint density at radius 3 is 2.26 bits per heavy atom. The molecule has 1 amide bonds. The first-order valence-electron chi connectivity index (χ1n) is 15.8. The number of ether oxygens (including phenoxy) is 1. The number of rotatable bonds is 12. The van der Waals surface area contributed by atoms with Crippen LogP contribution in [0.5, 0.6) is 0 Å². The number of aromatic nitrogens is 4. The molecule has 1 fully saturated rings. The fourth-order valence-electron chi connectivity index (χ4n) is 6.07. The van der Waals surface area contributed by atoms with Gasteiger partial charge in [0.25, 0.3) is 5.91 Å². The van der Waals surface area contributed by atoms with Gasteiger partial charge in [-0.1, -0.05) is 104 Å². The van der Waals surface area contributed by atoms with Crippen LogP contribution in [0.2, 0.25) is 0 Å². The van der Waals surface area contributed by atoms with Crippen molar-refractivity contribution < 1.29 is 29.6 Å². The van der Waals surface area contributed by atoms with Gasteiger partial charge in [0, 0.05) is 12.0 Å². The zero-order valence-electron chi connectivity index (χ0n) is 26.2. The smallest absolute Gasteiger partial charge is 0.442 e. The molecule has 13 heteroatoms. The monoisotopic (exact) mass is 639 g/mol. The van der Waals surface area contributed by atoms with Crippen LogP contribution >= 0.6 is 0 Å². The largest absolute Gasteiger partial charge is 0.454 e. The van der Waals surface area contributed by atoms with Crippen LogP contribution < -0.4 is 0 Å². The molecule has 0 saturated heterocycles. The lowest BCUT2D eigenvalue weighted by molar-refractivity contribution is -0.497. The number of unbranched alkanes of at least 4 members (excludes halogenated alkanes) is 1. The second-order valence-electron chi connectivity index (χ2n) is 11.8. The standard InChI is InChI=1S/C34H37N7O6/c1-2-3-10-30-35-34(19-6-7-20-34)32(42)39(30)21-24-15-17-27(18-16-24)28-8-4-5-9-29(28)31-36-38-40(37-31)33(43)46-22-25-11-13-26(14-12-25)23-47-41(44)45/h4-5,8-9,11-18,44-45H,2-3,6-7,10,19-23H2,1H3. The van der Waals surface area contributed by atoms with Crippen molar-refractivity contribution >= 4 is 17.8 Å². The van der Waals surface area contributed by atoms with Crippen LogP contribution in [-0.2, 0) is 34.1 Å². The highest BCUT2D eigenvalue weighted by Crippen LogP contribution is 2.40. The van der Waals surface area contributed by atoms with Crippen LogP contribution in [0, 0.1) is 0 Å². The Morgan fingerprint density at radius 2 is 1.57 bits per heavy atom. The number of carbonyl (C=O) groups excluding carboxylic acids is 2. The molecule has 0 bridgehead atoms. The van der Waals surface area contributed by atoms with Crippen molar-refractivity contribution in [1.82, 2.24) is 30.5 Å². The van der Waals surface area contributed by atoms with Crippen molar-refractivity contribution in [3.8, 4) is 22.5 Å². The lowest BCUT2D eigenvalue weighted by Crippen LogP contribution is -2.40. The third-order valence-electron chi connectivity index (χ3n) is 8.57. The Hall–Kier alpha value is -4.82. The van der Waals surface area contributed by atoms with E-state index >= 15 is 0 Å². The molecule has 2 N–H and O–H groups in total. The molecule has 244 valence electrons. The van der Waals surface area contributed by atoms with Gasteiger partial charge < -0.3 is 4.74 Å². The summed E-state index contributed by atoms with van der Waals surface area (Å²) in [6, 6.07) is 22.6. The van der Waals surface area contributed by atoms with Crippen LogP contribution in [0.3, 0.4) is 0 Å². The Kier molecular flexibility index (Phi) is 9.78. The number of carbonyl (C=O) groups is 2. The van der Waals surface area contributed by atoms with Gasteiger partial charge in [0.1, 0.15) is 18.0 Å². The maximum absolute atomic E-state index is 13.6. The fraction of sp³-hybridized carbons (Fsp3) is 0.353. The summed E-state index contributed by atoms with van der Waals surface area (Å²) in [4.78, 5) is 38.5. The average Bonchev–Trinajstić information content (AvgIpc) is 3.84. The average molecular weight is 640 g/mol. The molecule has 2 aliphatic rings. The molecule has 0 unspecified atom stereocenters. The second-order valence-corrected chi connectivity index (χ2v) is 11.8. The lowest BCUT2D eigenvalue weighted by Gasteiger charge is -2.23. The minimum Gasteiger partial charge on any atom is -0.442 e. The van der Waals surface area contributed by atoms with E-state index in [1.54, 1.807) is 24.3 Å². The summed E-state index contributed by atoms with van der Waals surface area (Å²) >= 11 is 0. The van der Waals surface area contributed by atoms with Crippen molar-refractivity contribution in [2.24, 2.45) is 4.99 Å². The van der Waals surface area contributed by atoms with Gasteiger partial charge in [-0.2, -0.15) is 0 Å². The van der Waals surface area contributed by atoms with E-state index in [4.69, 9.17) is 20.1 Å². The minimum atomic E-state index is -0.785. The van der Waals surface area contributed by atoms with E-state index in [-0.39, 0.29) is 30.3 Å². The molecule has 4 aromatic rings. The predicted octanol–water partition coefficient (Wildman–Crippen LogP) is 5.95. The summed E-state index contributed by atoms with van der Waals surface area (Å²) in [7, 11) is 0. The highest BCUT2D eigenvalue weighted by Gasteiger charge is 2.49. The Morgan fingerprint density at radius 1 is 0.915 bits per heavy atom. The van der Waals surface area contributed by atoms with Crippen LogP contribution in [-0.4, -0.2) is 64.3 Å². The summed E-state index contributed by atoms with van der Waals surface area (Å²) < 4.78 is 5.35. The van der Waals surface area contributed by atoms with Crippen molar-refractivity contribution in [2.75, 3.05) is 0 Å². The molecule has 1 saturated carbocycles. The van der Waals surface area contributed by atoms with E-state index in [1.807, 2.05) is 53.4 Å². The Balaban J connectivity index is 1.12. The molecule has 6 rings (SSSR count). The van der Waals surface area contributed by atoms with Gasteiger partial charge in [0.15, 0.2) is 0 Å². The van der Waals surface area contributed by atoms with E-state index in [0.29, 0.717) is 23.2 Å². The van der Waals surface area contributed by atoms with Crippen LogP contribution in [0.1, 0.15) is 68.6 Å². The molecular formula is C34H37N7O6. The lowest BCUT2D eigenvalue weighted by atomic mass is 9.97. The van der Waals surface area contributed by atoms with Gasteiger partial charge in [-0.25, -0.2) is 9.63 Å². The van der Waals surface area contributed by atoms with Crippen molar-refractivity contribution in [1.29, 1.82) is 0 Å². The quantitative estimate of drug-likeness (QED) is 0.178. The normalized spacial score (nSPS) is 15.5. The molecule has 0 radical (unpaired) electrons.